The van der Waals surface area contributed by atoms with Gasteiger partial charge in [0.2, 0.25) is 0 Å². The molecule has 4 heteroatoms. The summed E-state index contributed by atoms with van der Waals surface area (Å²) in [5.41, 5.74) is 2.14. The topological polar surface area (TPSA) is 29.1 Å². The van der Waals surface area contributed by atoms with Crippen molar-refractivity contribution in [1.82, 2.24) is 0 Å². The number of hydrogen-bond donors (Lipinski definition) is 1. The molecule has 0 aliphatic heterocycles. The SMILES string of the molecule is CCc1cc(Br)ccc1NS(=O)C(C)C. The van der Waals surface area contributed by atoms with Gasteiger partial charge in [0.1, 0.15) is 11.0 Å². The lowest BCUT2D eigenvalue weighted by atomic mass is 10.1. The van der Waals surface area contributed by atoms with Crippen LogP contribution in [0.15, 0.2) is 22.7 Å². The maximum absolute atomic E-state index is 11.7. The fraction of sp³-hybridized carbons (Fsp3) is 0.455. The Morgan fingerprint density at radius 1 is 1.47 bits per heavy atom. The predicted octanol–water partition coefficient (Wildman–Crippen LogP) is 3.50. The average Bonchev–Trinajstić information content (AvgIpc) is 2.20. The lowest BCUT2D eigenvalue weighted by molar-refractivity contribution is 0.680. The summed E-state index contributed by atoms with van der Waals surface area (Å²) in [6, 6.07) is 5.97. The highest BCUT2D eigenvalue weighted by Crippen LogP contribution is 2.22. The Labute approximate surface area is 102 Å². The first-order valence-corrected chi connectivity index (χ1v) is 7.00. The molecule has 1 atom stereocenters. The van der Waals surface area contributed by atoms with Crippen LogP contribution in [0.3, 0.4) is 0 Å². The molecule has 0 aliphatic carbocycles. The molecule has 0 amide bonds. The smallest absolute Gasteiger partial charge is 0.119 e. The van der Waals surface area contributed by atoms with Crippen molar-refractivity contribution < 1.29 is 4.21 Å². The van der Waals surface area contributed by atoms with Gasteiger partial charge in [0, 0.05) is 15.4 Å². The van der Waals surface area contributed by atoms with E-state index in [0.717, 1.165) is 16.6 Å². The summed E-state index contributed by atoms with van der Waals surface area (Å²) < 4.78 is 15.7. The first-order valence-electron chi connectivity index (χ1n) is 5.00. The number of hydrogen-bond acceptors (Lipinski definition) is 1. The van der Waals surface area contributed by atoms with Crippen molar-refractivity contribution in [2.75, 3.05) is 4.72 Å². The third kappa shape index (κ3) is 3.61. The molecule has 1 unspecified atom stereocenters. The lowest BCUT2D eigenvalue weighted by Crippen LogP contribution is -2.15. The van der Waals surface area contributed by atoms with Crippen molar-refractivity contribution in [3.63, 3.8) is 0 Å². The van der Waals surface area contributed by atoms with E-state index >= 15 is 0 Å². The highest BCUT2D eigenvalue weighted by Gasteiger charge is 2.07. The zero-order valence-electron chi connectivity index (χ0n) is 9.21. The van der Waals surface area contributed by atoms with E-state index in [1.54, 1.807) is 0 Å². The van der Waals surface area contributed by atoms with Crippen LogP contribution in [0.4, 0.5) is 5.69 Å². The molecule has 1 aromatic rings. The molecule has 0 radical (unpaired) electrons. The van der Waals surface area contributed by atoms with Gasteiger partial charge in [-0.15, -0.1) is 0 Å². The normalized spacial score (nSPS) is 12.9. The minimum atomic E-state index is -1.01. The standard InChI is InChI=1S/C11H16BrNOS/c1-4-9-7-10(12)5-6-11(9)13-15(14)8(2)3/h5-8,13H,4H2,1-3H3. The molecule has 1 rings (SSSR count). The Balaban J connectivity index is 2.89. The summed E-state index contributed by atoms with van der Waals surface area (Å²) >= 11 is 3.43. The highest BCUT2D eigenvalue weighted by atomic mass is 79.9. The molecule has 0 aromatic heterocycles. The second-order valence-corrected chi connectivity index (χ2v) is 6.26. The van der Waals surface area contributed by atoms with Crippen LogP contribution in [0, 0.1) is 0 Å². The molecule has 0 saturated carbocycles. The van der Waals surface area contributed by atoms with E-state index in [-0.39, 0.29) is 5.25 Å². The molecule has 15 heavy (non-hydrogen) atoms. The zero-order valence-corrected chi connectivity index (χ0v) is 11.6. The lowest BCUT2D eigenvalue weighted by Gasteiger charge is -2.12. The molecule has 1 aromatic carbocycles. The predicted molar refractivity (Wildman–Crippen MR) is 70.4 cm³/mol. The van der Waals surface area contributed by atoms with E-state index in [9.17, 15) is 4.21 Å². The average molecular weight is 290 g/mol. The fourth-order valence-electron chi connectivity index (χ4n) is 1.18. The summed E-state index contributed by atoms with van der Waals surface area (Å²) in [5.74, 6) is 0. The van der Waals surface area contributed by atoms with Gasteiger partial charge in [-0.05, 0) is 44.0 Å². The van der Waals surface area contributed by atoms with Gasteiger partial charge in [-0.3, -0.25) is 0 Å². The van der Waals surface area contributed by atoms with Crippen LogP contribution in [-0.2, 0) is 17.4 Å². The summed E-state index contributed by atoms with van der Waals surface area (Å²) in [6.07, 6.45) is 0.928. The quantitative estimate of drug-likeness (QED) is 0.903. The van der Waals surface area contributed by atoms with E-state index in [0.29, 0.717) is 0 Å². The number of aryl methyl sites for hydroxylation is 1. The van der Waals surface area contributed by atoms with E-state index in [4.69, 9.17) is 0 Å². The maximum Gasteiger partial charge on any atom is 0.119 e. The summed E-state index contributed by atoms with van der Waals surface area (Å²) in [5, 5.41) is 0.123. The Hall–Kier alpha value is -0.350. The highest BCUT2D eigenvalue weighted by molar-refractivity contribution is 9.10. The van der Waals surface area contributed by atoms with Gasteiger partial charge in [0.05, 0.1) is 0 Å². The van der Waals surface area contributed by atoms with Crippen molar-refractivity contribution in [1.29, 1.82) is 0 Å². The number of halogens is 1. The second-order valence-electron chi connectivity index (χ2n) is 3.60. The first-order chi connectivity index (χ1) is 7.04. The van der Waals surface area contributed by atoms with Crippen LogP contribution in [0.5, 0.6) is 0 Å². The summed E-state index contributed by atoms with van der Waals surface area (Å²) in [7, 11) is -1.01. The minimum absolute atomic E-state index is 0.123. The molecule has 0 bridgehead atoms. The van der Waals surface area contributed by atoms with Crippen LogP contribution in [0.25, 0.3) is 0 Å². The van der Waals surface area contributed by atoms with E-state index in [2.05, 4.69) is 33.6 Å². The van der Waals surface area contributed by atoms with Crippen LogP contribution >= 0.6 is 15.9 Å². The van der Waals surface area contributed by atoms with Gasteiger partial charge >= 0.3 is 0 Å². The second kappa shape index (κ2) is 5.66. The number of nitrogens with one attached hydrogen (secondary N) is 1. The first kappa shape index (κ1) is 12.7. The third-order valence-corrected chi connectivity index (χ3v) is 3.86. The van der Waals surface area contributed by atoms with Gasteiger partial charge in [-0.25, -0.2) is 4.21 Å². The molecule has 0 heterocycles. The molecular formula is C11H16BrNOS. The van der Waals surface area contributed by atoms with E-state index < -0.39 is 11.0 Å². The zero-order chi connectivity index (χ0) is 11.4. The van der Waals surface area contributed by atoms with E-state index in [1.165, 1.54) is 5.56 Å². The van der Waals surface area contributed by atoms with Crippen molar-refractivity contribution in [2.24, 2.45) is 0 Å². The van der Waals surface area contributed by atoms with Crippen LogP contribution < -0.4 is 4.72 Å². The maximum atomic E-state index is 11.7. The number of anilines is 1. The molecule has 2 nitrogen and oxygen atoms in total. The monoisotopic (exact) mass is 289 g/mol. The van der Waals surface area contributed by atoms with Gasteiger partial charge < -0.3 is 4.72 Å². The number of benzene rings is 1. The van der Waals surface area contributed by atoms with E-state index in [1.807, 2.05) is 26.0 Å². The van der Waals surface area contributed by atoms with Crippen LogP contribution in [-0.4, -0.2) is 9.46 Å². The van der Waals surface area contributed by atoms with Gasteiger partial charge in [0.15, 0.2) is 0 Å². The van der Waals surface area contributed by atoms with Crippen LogP contribution in [0.1, 0.15) is 26.3 Å². The van der Waals surface area contributed by atoms with Crippen molar-refractivity contribution in [3.05, 3.63) is 28.2 Å². The van der Waals surface area contributed by atoms with Crippen LogP contribution in [0.2, 0.25) is 0 Å². The minimum Gasteiger partial charge on any atom is -0.305 e. The van der Waals surface area contributed by atoms with Gasteiger partial charge in [0.25, 0.3) is 0 Å². The largest absolute Gasteiger partial charge is 0.305 e. The van der Waals surface area contributed by atoms with Gasteiger partial charge in [-0.2, -0.15) is 0 Å². The van der Waals surface area contributed by atoms with Crippen molar-refractivity contribution >= 4 is 32.6 Å². The molecule has 0 fully saturated rings. The molecule has 84 valence electrons. The van der Waals surface area contributed by atoms with Crippen molar-refractivity contribution in [2.45, 2.75) is 32.4 Å². The Morgan fingerprint density at radius 2 is 2.13 bits per heavy atom. The Bertz CT molecular complexity index is 366. The molecule has 1 N–H and O–H groups in total. The summed E-state index contributed by atoms with van der Waals surface area (Å²) in [6.45, 7) is 5.96. The molecule has 0 saturated heterocycles. The van der Waals surface area contributed by atoms with Crippen molar-refractivity contribution in [3.8, 4) is 0 Å². The summed E-state index contributed by atoms with van der Waals surface area (Å²) in [4.78, 5) is 0. The number of rotatable bonds is 4. The molecule has 0 aliphatic rings. The molecular weight excluding hydrogens is 274 g/mol. The Kier molecular flexibility index (Phi) is 4.80. The van der Waals surface area contributed by atoms with Gasteiger partial charge in [-0.1, -0.05) is 22.9 Å². The fourth-order valence-corrected chi connectivity index (χ4v) is 2.24. The molecule has 0 spiro atoms. The Morgan fingerprint density at radius 3 is 2.67 bits per heavy atom. The third-order valence-electron chi connectivity index (χ3n) is 2.09.